The van der Waals surface area contributed by atoms with Crippen molar-refractivity contribution in [2.45, 2.75) is 32.1 Å². The molecule has 0 spiro atoms. The summed E-state index contributed by atoms with van der Waals surface area (Å²) in [6, 6.07) is 6.87. The molecule has 1 saturated heterocycles. The van der Waals surface area contributed by atoms with E-state index >= 15 is 0 Å². The Labute approximate surface area is 159 Å². The Balaban J connectivity index is 1.62. The number of hydrogen-bond donors (Lipinski definition) is 1. The van der Waals surface area contributed by atoms with Gasteiger partial charge in [-0.1, -0.05) is 12.1 Å². The average molecular weight is 396 g/mol. The molecule has 1 N–H and O–H groups in total. The van der Waals surface area contributed by atoms with Gasteiger partial charge in [0.25, 0.3) is 0 Å². The Morgan fingerprint density at radius 3 is 2.78 bits per heavy atom. The van der Waals surface area contributed by atoms with Crippen LogP contribution in [-0.2, 0) is 28.9 Å². The van der Waals surface area contributed by atoms with Crippen molar-refractivity contribution in [2.24, 2.45) is 5.92 Å². The van der Waals surface area contributed by atoms with Crippen molar-refractivity contribution in [1.29, 1.82) is 0 Å². The fraction of sp³-hybridized carbons (Fsp3) is 0.368. The first-order valence-electron chi connectivity index (χ1n) is 8.55. The number of nitrogens with one attached hydrogen (secondary N) is 1. The van der Waals surface area contributed by atoms with E-state index in [2.05, 4.69) is 5.32 Å². The van der Waals surface area contributed by atoms with Crippen LogP contribution in [0.2, 0.25) is 0 Å². The SMILES string of the molecule is O=C(NCc1ccsc1)[C@H]1CCC(=O)N(Cc2cccc(C(F)(F)F)c2)C1. The van der Waals surface area contributed by atoms with Gasteiger partial charge < -0.3 is 10.2 Å². The van der Waals surface area contributed by atoms with E-state index in [0.717, 1.165) is 17.7 Å². The van der Waals surface area contributed by atoms with Crippen LogP contribution in [0.25, 0.3) is 0 Å². The first-order chi connectivity index (χ1) is 12.8. The van der Waals surface area contributed by atoms with E-state index in [1.54, 1.807) is 17.4 Å². The van der Waals surface area contributed by atoms with Crippen LogP contribution in [0.4, 0.5) is 13.2 Å². The highest BCUT2D eigenvalue weighted by Gasteiger charge is 2.32. The summed E-state index contributed by atoms with van der Waals surface area (Å²) in [6.45, 7) is 0.710. The fourth-order valence-electron chi connectivity index (χ4n) is 3.07. The summed E-state index contributed by atoms with van der Waals surface area (Å²) in [7, 11) is 0. The van der Waals surface area contributed by atoms with Crippen molar-refractivity contribution in [2.75, 3.05) is 6.54 Å². The van der Waals surface area contributed by atoms with Crippen molar-refractivity contribution in [1.82, 2.24) is 10.2 Å². The van der Waals surface area contributed by atoms with Crippen LogP contribution in [0.5, 0.6) is 0 Å². The monoisotopic (exact) mass is 396 g/mol. The van der Waals surface area contributed by atoms with Gasteiger partial charge >= 0.3 is 6.18 Å². The third-order valence-electron chi connectivity index (χ3n) is 4.55. The summed E-state index contributed by atoms with van der Waals surface area (Å²) in [5, 5.41) is 6.74. The lowest BCUT2D eigenvalue weighted by atomic mass is 9.96. The van der Waals surface area contributed by atoms with Crippen LogP contribution in [0.1, 0.15) is 29.5 Å². The molecule has 0 radical (unpaired) electrons. The minimum atomic E-state index is -4.42. The van der Waals surface area contributed by atoms with Crippen molar-refractivity contribution >= 4 is 23.2 Å². The molecule has 27 heavy (non-hydrogen) atoms. The topological polar surface area (TPSA) is 49.4 Å². The number of alkyl halides is 3. The molecule has 1 aliphatic heterocycles. The molecule has 4 nitrogen and oxygen atoms in total. The van der Waals surface area contributed by atoms with Gasteiger partial charge in [-0.2, -0.15) is 24.5 Å². The highest BCUT2D eigenvalue weighted by Crippen LogP contribution is 2.30. The second kappa shape index (κ2) is 8.12. The first-order valence-corrected chi connectivity index (χ1v) is 9.50. The number of hydrogen-bond acceptors (Lipinski definition) is 3. The van der Waals surface area contributed by atoms with Crippen molar-refractivity contribution in [3.8, 4) is 0 Å². The number of nitrogens with zero attached hydrogens (tertiary/aromatic N) is 1. The van der Waals surface area contributed by atoms with Crippen LogP contribution in [-0.4, -0.2) is 23.3 Å². The molecule has 2 heterocycles. The van der Waals surface area contributed by atoms with Crippen LogP contribution >= 0.6 is 11.3 Å². The van der Waals surface area contributed by atoms with Gasteiger partial charge in [0.1, 0.15) is 0 Å². The summed E-state index contributed by atoms with van der Waals surface area (Å²) in [5.74, 6) is -0.635. The van der Waals surface area contributed by atoms with Gasteiger partial charge in [-0.25, -0.2) is 0 Å². The molecule has 1 atom stereocenters. The summed E-state index contributed by atoms with van der Waals surface area (Å²) >= 11 is 1.55. The highest BCUT2D eigenvalue weighted by atomic mass is 32.1. The number of rotatable bonds is 5. The summed E-state index contributed by atoms with van der Waals surface area (Å²) in [5.41, 5.74) is 0.674. The molecule has 0 aliphatic carbocycles. The number of carbonyl (C=O) groups excluding carboxylic acids is 2. The van der Waals surface area contributed by atoms with E-state index in [1.807, 2.05) is 16.8 Å². The number of amides is 2. The number of benzene rings is 1. The smallest absolute Gasteiger partial charge is 0.352 e. The lowest BCUT2D eigenvalue weighted by molar-refractivity contribution is -0.139. The summed E-state index contributed by atoms with van der Waals surface area (Å²) in [4.78, 5) is 26.0. The first kappa shape index (κ1) is 19.4. The maximum Gasteiger partial charge on any atom is 0.416 e. The molecule has 144 valence electrons. The zero-order valence-electron chi connectivity index (χ0n) is 14.5. The zero-order chi connectivity index (χ0) is 19.4. The lowest BCUT2D eigenvalue weighted by Gasteiger charge is -2.32. The molecule has 1 fully saturated rings. The number of carbonyl (C=O) groups is 2. The molecule has 1 aromatic heterocycles. The van der Waals surface area contributed by atoms with Gasteiger partial charge in [-0.05, 0) is 46.5 Å². The van der Waals surface area contributed by atoms with E-state index in [0.29, 0.717) is 18.5 Å². The van der Waals surface area contributed by atoms with Crippen molar-refractivity contribution in [3.63, 3.8) is 0 Å². The number of likely N-dealkylation sites (tertiary alicyclic amines) is 1. The second-order valence-corrected chi connectivity index (χ2v) is 7.34. The minimum absolute atomic E-state index is 0.0665. The van der Waals surface area contributed by atoms with Gasteiger partial charge in [-0.3, -0.25) is 9.59 Å². The molecule has 8 heteroatoms. The fourth-order valence-corrected chi connectivity index (χ4v) is 3.74. The molecule has 1 aromatic carbocycles. The Hall–Kier alpha value is -2.35. The number of thiophene rings is 1. The normalized spacial score (nSPS) is 17.8. The Morgan fingerprint density at radius 2 is 2.07 bits per heavy atom. The third-order valence-corrected chi connectivity index (χ3v) is 5.28. The molecular formula is C19H19F3N2O2S. The molecular weight excluding hydrogens is 377 g/mol. The highest BCUT2D eigenvalue weighted by molar-refractivity contribution is 7.07. The molecule has 3 rings (SSSR count). The average Bonchev–Trinajstić information content (AvgIpc) is 3.14. The lowest BCUT2D eigenvalue weighted by Crippen LogP contribution is -2.45. The Bertz CT molecular complexity index is 806. The van der Waals surface area contributed by atoms with Crippen LogP contribution in [0, 0.1) is 5.92 Å². The van der Waals surface area contributed by atoms with E-state index in [9.17, 15) is 22.8 Å². The molecule has 2 aromatic rings. The van der Waals surface area contributed by atoms with Crippen LogP contribution in [0.15, 0.2) is 41.1 Å². The summed E-state index contributed by atoms with van der Waals surface area (Å²) in [6.07, 6.45) is -3.76. The molecule has 2 amide bonds. The summed E-state index contributed by atoms with van der Waals surface area (Å²) < 4.78 is 38.6. The molecule has 0 saturated carbocycles. The van der Waals surface area contributed by atoms with Crippen molar-refractivity contribution in [3.05, 3.63) is 57.8 Å². The van der Waals surface area contributed by atoms with Gasteiger partial charge in [-0.15, -0.1) is 0 Å². The van der Waals surface area contributed by atoms with E-state index in [1.165, 1.54) is 11.0 Å². The van der Waals surface area contributed by atoms with E-state index < -0.39 is 11.7 Å². The van der Waals surface area contributed by atoms with Gasteiger partial charge in [0.2, 0.25) is 11.8 Å². The maximum atomic E-state index is 12.9. The van der Waals surface area contributed by atoms with Gasteiger partial charge in [0.05, 0.1) is 11.5 Å². The largest absolute Gasteiger partial charge is 0.416 e. The van der Waals surface area contributed by atoms with E-state index in [4.69, 9.17) is 0 Å². The van der Waals surface area contributed by atoms with Gasteiger partial charge in [0, 0.05) is 26.1 Å². The minimum Gasteiger partial charge on any atom is -0.352 e. The standard InChI is InChI=1S/C19H19F3N2O2S/c20-19(21,22)16-3-1-2-13(8-16)10-24-11-15(4-5-17(24)25)18(26)23-9-14-6-7-27-12-14/h1-3,6-8,12,15H,4-5,9-11H2,(H,23,26)/t15-/m0/s1. The molecule has 1 aliphatic rings. The predicted molar refractivity (Wildman–Crippen MR) is 95.8 cm³/mol. The quantitative estimate of drug-likeness (QED) is 0.835. The Kier molecular flexibility index (Phi) is 5.84. The molecule has 0 bridgehead atoms. The second-order valence-electron chi connectivity index (χ2n) is 6.56. The van der Waals surface area contributed by atoms with Crippen molar-refractivity contribution < 1.29 is 22.8 Å². The Morgan fingerprint density at radius 1 is 1.26 bits per heavy atom. The maximum absolute atomic E-state index is 12.9. The third kappa shape index (κ3) is 5.09. The van der Waals surface area contributed by atoms with Crippen LogP contribution < -0.4 is 5.32 Å². The zero-order valence-corrected chi connectivity index (χ0v) is 15.3. The van der Waals surface area contributed by atoms with E-state index in [-0.39, 0.29) is 37.2 Å². The number of halogens is 3. The van der Waals surface area contributed by atoms with Crippen LogP contribution in [0.3, 0.4) is 0 Å². The number of piperidine rings is 1. The van der Waals surface area contributed by atoms with Gasteiger partial charge in [0.15, 0.2) is 0 Å². The predicted octanol–water partition coefficient (Wildman–Crippen LogP) is 3.82. The molecule has 0 unspecified atom stereocenters.